The smallest absolute Gasteiger partial charge is 0.406 e. The van der Waals surface area contributed by atoms with Crippen molar-refractivity contribution >= 4 is 18.3 Å². The molecule has 0 spiro atoms. The van der Waals surface area contributed by atoms with Gasteiger partial charge in [-0.2, -0.15) is 0 Å². The minimum absolute atomic E-state index is 0. The summed E-state index contributed by atoms with van der Waals surface area (Å²) in [5, 5.41) is 0. The highest BCUT2D eigenvalue weighted by Crippen LogP contribution is 2.34. The van der Waals surface area contributed by atoms with Gasteiger partial charge in [-0.15, -0.1) is 25.6 Å². The maximum absolute atomic E-state index is 12.1. The molecule has 1 aromatic carbocycles. The topological polar surface area (TPSA) is 55.6 Å². The molecule has 0 unspecified atom stereocenters. The molecular weight excluding hydrogens is 309 g/mol. The first-order valence-corrected chi connectivity index (χ1v) is 6.09. The Morgan fingerprint density at radius 3 is 2.57 bits per heavy atom. The number of benzene rings is 1. The Kier molecular flexibility index (Phi) is 5.11. The first kappa shape index (κ1) is 17.6. The van der Waals surface area contributed by atoms with Gasteiger partial charge in [-0.25, -0.2) is 0 Å². The van der Waals surface area contributed by atoms with E-state index in [1.54, 1.807) is 13.1 Å². The second-order valence-electron chi connectivity index (χ2n) is 5.01. The number of carbonyl (C=O) groups is 1. The molecule has 0 atom stereocenters. The van der Waals surface area contributed by atoms with Gasteiger partial charge < -0.3 is 15.4 Å². The van der Waals surface area contributed by atoms with Gasteiger partial charge in [0.2, 0.25) is 5.91 Å². The number of nitrogens with two attached hydrogens (primary N) is 1. The summed E-state index contributed by atoms with van der Waals surface area (Å²) in [6, 6.07) is 5.55. The third-order valence-corrected chi connectivity index (χ3v) is 3.11. The Balaban J connectivity index is 0.00000220. The average molecular weight is 325 g/mol. The fraction of sp³-hybridized carbons (Fsp3) is 0.462. The van der Waals surface area contributed by atoms with Crippen molar-refractivity contribution in [1.82, 2.24) is 4.90 Å². The van der Waals surface area contributed by atoms with E-state index in [1.165, 1.54) is 23.1 Å². The molecule has 0 bridgehead atoms. The Hall–Kier alpha value is -1.47. The van der Waals surface area contributed by atoms with E-state index in [9.17, 15) is 18.0 Å². The number of carbonyl (C=O) groups excluding carboxylic acids is 1. The zero-order chi connectivity index (χ0) is 15.0. The molecular formula is C13H16ClF3N2O2. The first-order chi connectivity index (χ1) is 9.20. The molecule has 1 aliphatic rings. The summed E-state index contributed by atoms with van der Waals surface area (Å²) in [7, 11) is 1.58. The molecule has 0 heterocycles. The second-order valence-corrected chi connectivity index (χ2v) is 5.01. The van der Waals surface area contributed by atoms with E-state index < -0.39 is 11.9 Å². The van der Waals surface area contributed by atoms with Crippen molar-refractivity contribution in [2.45, 2.75) is 31.3 Å². The second kappa shape index (κ2) is 6.11. The number of hydrogen-bond donors (Lipinski definition) is 1. The molecule has 4 nitrogen and oxygen atoms in total. The van der Waals surface area contributed by atoms with Crippen LogP contribution in [0.5, 0.6) is 5.75 Å². The van der Waals surface area contributed by atoms with Gasteiger partial charge in [0.1, 0.15) is 5.75 Å². The number of hydrogen-bond acceptors (Lipinski definition) is 3. The lowest BCUT2D eigenvalue weighted by atomic mass is 10.2. The summed E-state index contributed by atoms with van der Waals surface area (Å²) in [6.07, 6.45) is -3.43. The molecule has 1 aromatic rings. The molecule has 0 aliphatic heterocycles. The van der Waals surface area contributed by atoms with Gasteiger partial charge in [-0.1, -0.05) is 12.1 Å². The van der Waals surface area contributed by atoms with Gasteiger partial charge in [0, 0.05) is 13.6 Å². The van der Waals surface area contributed by atoms with Gasteiger partial charge in [0.05, 0.1) is 5.54 Å². The van der Waals surface area contributed by atoms with Crippen molar-refractivity contribution in [3.05, 3.63) is 29.8 Å². The molecule has 1 aliphatic carbocycles. The average Bonchev–Trinajstić information content (AvgIpc) is 3.05. The zero-order valence-corrected chi connectivity index (χ0v) is 12.1. The molecule has 21 heavy (non-hydrogen) atoms. The van der Waals surface area contributed by atoms with Gasteiger partial charge in [-0.3, -0.25) is 4.79 Å². The van der Waals surface area contributed by atoms with E-state index in [2.05, 4.69) is 4.74 Å². The van der Waals surface area contributed by atoms with Crippen molar-refractivity contribution in [3.8, 4) is 5.75 Å². The summed E-state index contributed by atoms with van der Waals surface area (Å²) in [5.41, 5.74) is 5.56. The number of nitrogens with zero attached hydrogens (tertiary/aromatic N) is 1. The third kappa shape index (κ3) is 4.78. The van der Waals surface area contributed by atoms with Crippen LogP contribution in [0.15, 0.2) is 24.3 Å². The van der Waals surface area contributed by atoms with E-state index >= 15 is 0 Å². The SMILES string of the molecule is CN(Cc1cccc(OC(F)(F)F)c1)C(=O)C1(N)CC1.Cl. The largest absolute Gasteiger partial charge is 0.573 e. The fourth-order valence-electron chi connectivity index (χ4n) is 1.92. The molecule has 1 saturated carbocycles. The molecule has 2 N–H and O–H groups in total. The molecule has 1 fully saturated rings. The van der Waals surface area contributed by atoms with Crippen molar-refractivity contribution in [2.75, 3.05) is 7.05 Å². The van der Waals surface area contributed by atoms with Crippen LogP contribution in [0.25, 0.3) is 0 Å². The van der Waals surface area contributed by atoms with E-state index in [0.29, 0.717) is 18.4 Å². The zero-order valence-electron chi connectivity index (χ0n) is 11.3. The van der Waals surface area contributed by atoms with Gasteiger partial charge in [0.25, 0.3) is 0 Å². The molecule has 0 saturated heterocycles. The quantitative estimate of drug-likeness (QED) is 0.925. The lowest BCUT2D eigenvalue weighted by Crippen LogP contribution is -2.43. The van der Waals surface area contributed by atoms with Crippen molar-refractivity contribution in [2.24, 2.45) is 5.73 Å². The number of rotatable bonds is 4. The van der Waals surface area contributed by atoms with E-state index in [1.807, 2.05) is 0 Å². The van der Waals surface area contributed by atoms with Crippen LogP contribution in [0.4, 0.5) is 13.2 Å². The van der Waals surface area contributed by atoms with Gasteiger partial charge in [-0.05, 0) is 30.5 Å². The van der Waals surface area contributed by atoms with Crippen LogP contribution in [0, 0.1) is 0 Å². The Labute approximate surface area is 126 Å². The minimum Gasteiger partial charge on any atom is -0.406 e. The highest BCUT2D eigenvalue weighted by molar-refractivity contribution is 5.88. The van der Waals surface area contributed by atoms with Crippen LogP contribution in [-0.4, -0.2) is 29.8 Å². The number of halogens is 4. The normalized spacial score (nSPS) is 15.9. The number of alkyl halides is 3. The van der Waals surface area contributed by atoms with E-state index in [-0.39, 0.29) is 30.6 Å². The van der Waals surface area contributed by atoms with Crippen LogP contribution in [0.3, 0.4) is 0 Å². The lowest BCUT2D eigenvalue weighted by Gasteiger charge is -2.21. The minimum atomic E-state index is -4.73. The monoisotopic (exact) mass is 324 g/mol. The van der Waals surface area contributed by atoms with Crippen LogP contribution >= 0.6 is 12.4 Å². The first-order valence-electron chi connectivity index (χ1n) is 6.09. The molecule has 2 rings (SSSR count). The summed E-state index contributed by atoms with van der Waals surface area (Å²) in [4.78, 5) is 13.4. The number of amides is 1. The van der Waals surface area contributed by atoms with Crippen molar-refractivity contribution in [3.63, 3.8) is 0 Å². The third-order valence-electron chi connectivity index (χ3n) is 3.11. The molecule has 0 radical (unpaired) electrons. The maximum Gasteiger partial charge on any atom is 0.573 e. The Morgan fingerprint density at radius 2 is 2.05 bits per heavy atom. The van der Waals surface area contributed by atoms with Crippen LogP contribution in [0.2, 0.25) is 0 Å². The lowest BCUT2D eigenvalue weighted by molar-refractivity contribution is -0.274. The fourth-order valence-corrected chi connectivity index (χ4v) is 1.92. The Morgan fingerprint density at radius 1 is 1.43 bits per heavy atom. The summed E-state index contributed by atoms with van der Waals surface area (Å²) in [6.45, 7) is 0.187. The van der Waals surface area contributed by atoms with E-state index in [0.717, 1.165) is 0 Å². The Bertz CT molecular complexity index is 518. The maximum atomic E-state index is 12.1. The van der Waals surface area contributed by atoms with Gasteiger partial charge >= 0.3 is 6.36 Å². The van der Waals surface area contributed by atoms with Crippen molar-refractivity contribution in [1.29, 1.82) is 0 Å². The molecule has 8 heteroatoms. The molecule has 0 aromatic heterocycles. The molecule has 1 amide bonds. The predicted molar refractivity (Wildman–Crippen MR) is 73.0 cm³/mol. The number of likely N-dealkylation sites (N-methyl/N-ethyl adjacent to an activating group) is 1. The number of ether oxygens (including phenoxy) is 1. The summed E-state index contributed by atoms with van der Waals surface area (Å²) >= 11 is 0. The van der Waals surface area contributed by atoms with Crippen LogP contribution in [-0.2, 0) is 11.3 Å². The van der Waals surface area contributed by atoms with Crippen molar-refractivity contribution < 1.29 is 22.7 Å². The predicted octanol–water partition coefficient (Wildman–Crippen LogP) is 2.46. The highest BCUT2D eigenvalue weighted by Gasteiger charge is 2.47. The summed E-state index contributed by atoms with van der Waals surface area (Å²) < 4.78 is 40.2. The van der Waals surface area contributed by atoms with Crippen LogP contribution in [0.1, 0.15) is 18.4 Å². The molecule has 118 valence electrons. The van der Waals surface area contributed by atoms with Gasteiger partial charge in [0.15, 0.2) is 0 Å². The van der Waals surface area contributed by atoms with Crippen LogP contribution < -0.4 is 10.5 Å². The highest BCUT2D eigenvalue weighted by atomic mass is 35.5. The van der Waals surface area contributed by atoms with E-state index in [4.69, 9.17) is 5.73 Å². The summed E-state index contributed by atoms with van der Waals surface area (Å²) in [5.74, 6) is -0.496. The standard InChI is InChI=1S/C13H15F3N2O2.ClH/c1-18(11(19)12(17)5-6-12)8-9-3-2-4-10(7-9)20-13(14,15)16;/h2-4,7H,5-6,8,17H2,1H3;1H.